The van der Waals surface area contributed by atoms with E-state index < -0.39 is 5.97 Å². The quantitative estimate of drug-likeness (QED) is 0.879. The van der Waals surface area contributed by atoms with Crippen molar-refractivity contribution >= 4 is 27.6 Å². The Labute approximate surface area is 132 Å². The summed E-state index contributed by atoms with van der Waals surface area (Å²) in [6, 6.07) is 14.2. The molecule has 0 spiro atoms. The molecule has 3 rings (SSSR count). The Kier molecular flexibility index (Phi) is 3.97. The van der Waals surface area contributed by atoms with Gasteiger partial charge in [-0.05, 0) is 64.5 Å². The molecule has 2 aromatic carbocycles. The summed E-state index contributed by atoms with van der Waals surface area (Å²) in [5.74, 6) is -0.917. The first kappa shape index (κ1) is 14.1. The van der Waals surface area contributed by atoms with E-state index in [1.54, 1.807) is 6.07 Å². The van der Waals surface area contributed by atoms with Crippen LogP contribution in [-0.4, -0.2) is 17.1 Å². The van der Waals surface area contributed by atoms with Crippen LogP contribution in [0.1, 0.15) is 27.9 Å². The Bertz CT molecular complexity index is 684. The van der Waals surface area contributed by atoms with Gasteiger partial charge in [-0.3, -0.25) is 0 Å². The number of aryl methyl sites for hydroxylation is 1. The minimum atomic E-state index is -0.917. The number of benzene rings is 2. The van der Waals surface area contributed by atoms with Gasteiger partial charge >= 0.3 is 5.97 Å². The summed E-state index contributed by atoms with van der Waals surface area (Å²) >= 11 is 3.32. The number of hydrogen-bond donors (Lipinski definition) is 2. The van der Waals surface area contributed by atoms with E-state index in [1.807, 2.05) is 12.1 Å². The number of nitrogens with one attached hydrogen (secondary N) is 1. The number of aromatic carboxylic acids is 1. The smallest absolute Gasteiger partial charge is 0.336 e. The maximum Gasteiger partial charge on any atom is 0.336 e. The molecule has 0 heterocycles. The number of fused-ring (bicyclic) bond motifs is 1. The fraction of sp³-hybridized carbons (Fsp3) is 0.235. The van der Waals surface area contributed by atoms with Gasteiger partial charge in [0.2, 0.25) is 0 Å². The molecule has 0 radical (unpaired) electrons. The Morgan fingerprint density at radius 2 is 1.95 bits per heavy atom. The normalized spacial score (nSPS) is 17.1. The number of carboxylic acid groups (broad SMARTS) is 1. The van der Waals surface area contributed by atoms with Gasteiger partial charge in [-0.2, -0.15) is 0 Å². The third-order valence-corrected chi connectivity index (χ3v) is 4.57. The lowest BCUT2D eigenvalue weighted by Gasteiger charge is -2.26. The van der Waals surface area contributed by atoms with Gasteiger partial charge in [0.25, 0.3) is 0 Å². The van der Waals surface area contributed by atoms with Crippen molar-refractivity contribution in [3.63, 3.8) is 0 Å². The van der Waals surface area contributed by atoms with Crippen molar-refractivity contribution in [3.8, 4) is 0 Å². The van der Waals surface area contributed by atoms with Crippen LogP contribution in [-0.2, 0) is 12.8 Å². The standard InChI is InChI=1S/C17H16BrNO2/c18-16-10-14(7-8-15(16)17(20)21)19-13-6-5-11-3-1-2-4-12(11)9-13/h1-4,7-8,10,13,19H,5-6,9H2,(H,20,21). The van der Waals surface area contributed by atoms with E-state index >= 15 is 0 Å². The highest BCUT2D eigenvalue weighted by molar-refractivity contribution is 9.10. The van der Waals surface area contributed by atoms with Gasteiger partial charge in [0.05, 0.1) is 5.56 Å². The Balaban J connectivity index is 1.73. The number of rotatable bonds is 3. The Morgan fingerprint density at radius 1 is 1.19 bits per heavy atom. The molecule has 0 fully saturated rings. The first-order chi connectivity index (χ1) is 10.1. The molecule has 0 bridgehead atoms. The van der Waals surface area contributed by atoms with E-state index in [4.69, 9.17) is 5.11 Å². The maximum atomic E-state index is 11.0. The molecule has 21 heavy (non-hydrogen) atoms. The molecule has 108 valence electrons. The third-order valence-electron chi connectivity index (χ3n) is 3.92. The van der Waals surface area contributed by atoms with Crippen LogP contribution in [0.25, 0.3) is 0 Å². The zero-order valence-electron chi connectivity index (χ0n) is 11.5. The molecule has 0 saturated heterocycles. The highest BCUT2D eigenvalue weighted by Crippen LogP contribution is 2.26. The largest absolute Gasteiger partial charge is 0.478 e. The molecule has 1 unspecified atom stereocenters. The van der Waals surface area contributed by atoms with Crippen LogP contribution in [0.4, 0.5) is 5.69 Å². The SMILES string of the molecule is O=C(O)c1ccc(NC2CCc3ccccc3C2)cc1Br. The van der Waals surface area contributed by atoms with Gasteiger partial charge in [0.15, 0.2) is 0 Å². The van der Waals surface area contributed by atoms with E-state index in [1.165, 1.54) is 11.1 Å². The molecule has 0 saturated carbocycles. The monoisotopic (exact) mass is 345 g/mol. The molecule has 2 N–H and O–H groups in total. The third kappa shape index (κ3) is 3.10. The van der Waals surface area contributed by atoms with Gasteiger partial charge < -0.3 is 10.4 Å². The van der Waals surface area contributed by atoms with E-state index in [0.29, 0.717) is 10.5 Å². The molecule has 1 aliphatic carbocycles. The summed E-state index contributed by atoms with van der Waals surface area (Å²) < 4.78 is 0.608. The lowest BCUT2D eigenvalue weighted by atomic mass is 9.88. The number of hydrogen-bond acceptors (Lipinski definition) is 2. The second kappa shape index (κ2) is 5.90. The summed E-state index contributed by atoms with van der Waals surface area (Å²) in [5, 5.41) is 12.5. The fourth-order valence-electron chi connectivity index (χ4n) is 2.84. The zero-order chi connectivity index (χ0) is 14.8. The van der Waals surface area contributed by atoms with Gasteiger partial charge in [-0.1, -0.05) is 24.3 Å². The van der Waals surface area contributed by atoms with E-state index in [2.05, 4.69) is 45.5 Å². The summed E-state index contributed by atoms with van der Waals surface area (Å²) in [6.45, 7) is 0. The van der Waals surface area contributed by atoms with E-state index in [-0.39, 0.29) is 5.56 Å². The van der Waals surface area contributed by atoms with Gasteiger partial charge in [0.1, 0.15) is 0 Å². The molecule has 1 atom stereocenters. The fourth-order valence-corrected chi connectivity index (χ4v) is 3.38. The van der Waals surface area contributed by atoms with Crippen molar-refractivity contribution < 1.29 is 9.90 Å². The van der Waals surface area contributed by atoms with Crippen molar-refractivity contribution in [2.45, 2.75) is 25.3 Å². The van der Waals surface area contributed by atoms with Crippen molar-refractivity contribution in [1.82, 2.24) is 0 Å². The predicted molar refractivity (Wildman–Crippen MR) is 87.0 cm³/mol. The Morgan fingerprint density at radius 3 is 2.67 bits per heavy atom. The van der Waals surface area contributed by atoms with Gasteiger partial charge in [-0.15, -0.1) is 0 Å². The second-order valence-electron chi connectivity index (χ2n) is 5.35. The van der Waals surface area contributed by atoms with Crippen LogP contribution in [0, 0.1) is 0 Å². The van der Waals surface area contributed by atoms with Crippen LogP contribution in [0.2, 0.25) is 0 Å². The summed E-state index contributed by atoms with van der Waals surface area (Å²) in [4.78, 5) is 11.0. The Hall–Kier alpha value is -1.81. The summed E-state index contributed by atoms with van der Waals surface area (Å²) in [5.41, 5.74) is 4.09. The molecule has 1 aliphatic rings. The van der Waals surface area contributed by atoms with Gasteiger partial charge in [-0.25, -0.2) is 4.79 Å². The molecule has 2 aromatic rings. The molecule has 0 aromatic heterocycles. The second-order valence-corrected chi connectivity index (χ2v) is 6.21. The molecular weight excluding hydrogens is 330 g/mol. The minimum absolute atomic E-state index is 0.287. The van der Waals surface area contributed by atoms with Crippen LogP contribution in [0.15, 0.2) is 46.9 Å². The maximum absolute atomic E-state index is 11.0. The predicted octanol–water partition coefficient (Wildman–Crippen LogP) is 4.12. The summed E-state index contributed by atoms with van der Waals surface area (Å²) in [6.07, 6.45) is 3.19. The number of halogens is 1. The van der Waals surface area contributed by atoms with Crippen molar-refractivity contribution in [1.29, 1.82) is 0 Å². The first-order valence-corrected chi connectivity index (χ1v) is 7.79. The van der Waals surface area contributed by atoms with Crippen LogP contribution in [0.3, 0.4) is 0 Å². The van der Waals surface area contributed by atoms with Crippen LogP contribution in [0.5, 0.6) is 0 Å². The molecular formula is C17H16BrNO2. The molecule has 0 amide bonds. The average Bonchev–Trinajstić information content (AvgIpc) is 2.47. The molecule has 3 nitrogen and oxygen atoms in total. The topological polar surface area (TPSA) is 49.3 Å². The van der Waals surface area contributed by atoms with Gasteiger partial charge in [0, 0.05) is 16.2 Å². The highest BCUT2D eigenvalue weighted by atomic mass is 79.9. The number of carboxylic acids is 1. The van der Waals surface area contributed by atoms with E-state index in [0.717, 1.165) is 24.9 Å². The van der Waals surface area contributed by atoms with Crippen molar-refractivity contribution in [2.75, 3.05) is 5.32 Å². The lowest BCUT2D eigenvalue weighted by molar-refractivity contribution is 0.0696. The minimum Gasteiger partial charge on any atom is -0.478 e. The van der Waals surface area contributed by atoms with Crippen LogP contribution >= 0.6 is 15.9 Å². The molecule has 0 aliphatic heterocycles. The van der Waals surface area contributed by atoms with Crippen molar-refractivity contribution in [2.24, 2.45) is 0 Å². The number of anilines is 1. The van der Waals surface area contributed by atoms with Crippen LogP contribution < -0.4 is 5.32 Å². The van der Waals surface area contributed by atoms with E-state index in [9.17, 15) is 4.79 Å². The summed E-state index contributed by atoms with van der Waals surface area (Å²) in [7, 11) is 0. The van der Waals surface area contributed by atoms with Crippen molar-refractivity contribution in [3.05, 3.63) is 63.6 Å². The first-order valence-electron chi connectivity index (χ1n) is 6.99. The highest BCUT2D eigenvalue weighted by Gasteiger charge is 2.18. The average molecular weight is 346 g/mol. The molecule has 4 heteroatoms. The lowest BCUT2D eigenvalue weighted by Crippen LogP contribution is -2.27. The zero-order valence-corrected chi connectivity index (χ0v) is 13.1. The number of carbonyl (C=O) groups is 1.